The summed E-state index contributed by atoms with van der Waals surface area (Å²) in [6, 6.07) is 3.70. The van der Waals surface area contributed by atoms with E-state index in [0.717, 1.165) is 21.7 Å². The number of aromatic amines is 1. The summed E-state index contributed by atoms with van der Waals surface area (Å²) in [5, 5.41) is 20.3. The lowest BCUT2D eigenvalue weighted by molar-refractivity contribution is 0.0704. The fourth-order valence-corrected chi connectivity index (χ4v) is 2.59. The predicted molar refractivity (Wildman–Crippen MR) is 58.4 cm³/mol. The predicted octanol–water partition coefficient (Wildman–Crippen LogP) is 2.48. The maximum atomic E-state index is 10.9. The van der Waals surface area contributed by atoms with E-state index < -0.39 is 5.97 Å². The zero-order valence-corrected chi connectivity index (χ0v) is 8.34. The van der Waals surface area contributed by atoms with Crippen LogP contribution >= 0.6 is 11.3 Å². The number of fused-ring (bicyclic) bond motifs is 3. The number of hydrogen-bond donors (Lipinski definition) is 2. The maximum Gasteiger partial charge on any atom is 0.346 e. The first-order valence-corrected chi connectivity index (χ1v) is 5.22. The van der Waals surface area contributed by atoms with Gasteiger partial charge < -0.3 is 5.11 Å². The minimum Gasteiger partial charge on any atom is -0.477 e. The highest BCUT2D eigenvalue weighted by Crippen LogP contribution is 2.30. The second-order valence-electron chi connectivity index (χ2n) is 3.23. The minimum atomic E-state index is -0.881. The number of nitrogens with zero attached hydrogens (tertiary/aromatic N) is 1. The van der Waals surface area contributed by atoms with Crippen molar-refractivity contribution >= 4 is 39.0 Å². The largest absolute Gasteiger partial charge is 0.477 e. The molecule has 15 heavy (non-hydrogen) atoms. The molecule has 3 aromatic rings. The third-order valence-corrected chi connectivity index (χ3v) is 3.38. The summed E-state index contributed by atoms with van der Waals surface area (Å²) in [4.78, 5) is 11.3. The van der Waals surface area contributed by atoms with Gasteiger partial charge in [-0.2, -0.15) is 5.10 Å². The van der Waals surface area contributed by atoms with Gasteiger partial charge in [0.15, 0.2) is 0 Å². The molecule has 0 fully saturated rings. The van der Waals surface area contributed by atoms with E-state index in [1.54, 1.807) is 6.20 Å². The van der Waals surface area contributed by atoms with Gasteiger partial charge in [-0.15, -0.1) is 11.3 Å². The lowest BCUT2D eigenvalue weighted by Gasteiger charge is -1.93. The summed E-state index contributed by atoms with van der Waals surface area (Å²) in [5.74, 6) is -0.881. The summed E-state index contributed by atoms with van der Waals surface area (Å²) < 4.78 is 0. The first kappa shape index (κ1) is 8.43. The van der Waals surface area contributed by atoms with Crippen LogP contribution < -0.4 is 0 Å². The van der Waals surface area contributed by atoms with Gasteiger partial charge in [0.2, 0.25) is 0 Å². The standard InChI is InChI=1S/C10H6N2O2S/c13-10(14)9-6-2-1-5-3-11-12-8(5)7(6)4-15-9/h1-4H,(H,11,12)(H,13,14). The second-order valence-corrected chi connectivity index (χ2v) is 4.11. The van der Waals surface area contributed by atoms with Gasteiger partial charge in [0, 0.05) is 21.5 Å². The molecule has 0 saturated carbocycles. The summed E-state index contributed by atoms with van der Waals surface area (Å²) in [7, 11) is 0. The number of rotatable bonds is 1. The van der Waals surface area contributed by atoms with Crippen LogP contribution in [0, 0.1) is 0 Å². The Morgan fingerprint density at radius 3 is 3.07 bits per heavy atom. The molecule has 0 aliphatic carbocycles. The Balaban J connectivity index is 2.51. The van der Waals surface area contributed by atoms with E-state index in [4.69, 9.17) is 5.11 Å². The summed E-state index contributed by atoms with van der Waals surface area (Å²) >= 11 is 1.24. The molecule has 3 rings (SSSR count). The quantitative estimate of drug-likeness (QED) is 0.659. The highest BCUT2D eigenvalue weighted by Gasteiger charge is 2.13. The molecule has 0 amide bonds. The Morgan fingerprint density at radius 2 is 2.27 bits per heavy atom. The van der Waals surface area contributed by atoms with Crippen LogP contribution in [0.1, 0.15) is 9.67 Å². The SMILES string of the molecule is O=C(O)c1scc2c1ccc1cn[nH]c12. The van der Waals surface area contributed by atoms with Crippen LogP contribution in [0.4, 0.5) is 0 Å². The Kier molecular flexibility index (Phi) is 1.58. The lowest BCUT2D eigenvalue weighted by atomic mass is 10.1. The molecule has 0 atom stereocenters. The van der Waals surface area contributed by atoms with Crippen LogP contribution in [-0.4, -0.2) is 21.3 Å². The van der Waals surface area contributed by atoms with Gasteiger partial charge in [0.25, 0.3) is 0 Å². The smallest absolute Gasteiger partial charge is 0.346 e. The van der Waals surface area contributed by atoms with E-state index in [9.17, 15) is 4.79 Å². The minimum absolute atomic E-state index is 0.376. The third-order valence-electron chi connectivity index (χ3n) is 2.39. The van der Waals surface area contributed by atoms with Crippen molar-refractivity contribution in [1.29, 1.82) is 0 Å². The molecule has 0 aliphatic heterocycles. The number of hydrogen-bond acceptors (Lipinski definition) is 3. The maximum absolute atomic E-state index is 10.9. The van der Waals surface area contributed by atoms with E-state index in [-0.39, 0.29) is 0 Å². The lowest BCUT2D eigenvalue weighted by Crippen LogP contribution is -1.91. The van der Waals surface area contributed by atoms with Crippen molar-refractivity contribution in [2.24, 2.45) is 0 Å². The topological polar surface area (TPSA) is 66.0 Å². The fourth-order valence-electron chi connectivity index (χ4n) is 1.70. The molecule has 4 nitrogen and oxygen atoms in total. The molecule has 0 bridgehead atoms. The average Bonchev–Trinajstić information content (AvgIpc) is 2.82. The molecule has 0 aliphatic rings. The molecule has 1 aromatic carbocycles. The average molecular weight is 218 g/mol. The van der Waals surface area contributed by atoms with Crippen LogP contribution in [0.25, 0.3) is 21.7 Å². The molecule has 2 heterocycles. The number of benzene rings is 1. The molecule has 2 N–H and O–H groups in total. The van der Waals surface area contributed by atoms with Gasteiger partial charge in [-0.25, -0.2) is 4.79 Å². The van der Waals surface area contributed by atoms with Crippen molar-refractivity contribution in [1.82, 2.24) is 10.2 Å². The van der Waals surface area contributed by atoms with Crippen LogP contribution in [0.5, 0.6) is 0 Å². The Hall–Kier alpha value is -1.88. The summed E-state index contributed by atoms with van der Waals surface area (Å²) in [6.07, 6.45) is 1.73. The molecule has 5 heteroatoms. The number of carboxylic acids is 1. The molecular weight excluding hydrogens is 212 g/mol. The van der Waals surface area contributed by atoms with Gasteiger partial charge in [-0.1, -0.05) is 12.1 Å². The van der Waals surface area contributed by atoms with E-state index >= 15 is 0 Å². The summed E-state index contributed by atoms with van der Waals surface area (Å²) in [6.45, 7) is 0. The first-order chi connectivity index (χ1) is 7.27. The Labute approximate surface area is 88.2 Å². The number of aromatic carboxylic acids is 1. The zero-order chi connectivity index (χ0) is 10.4. The van der Waals surface area contributed by atoms with Gasteiger partial charge in [-0.05, 0) is 0 Å². The monoisotopic (exact) mass is 218 g/mol. The number of carboxylic acid groups (broad SMARTS) is 1. The van der Waals surface area contributed by atoms with E-state index in [0.29, 0.717) is 4.88 Å². The number of H-pyrrole nitrogens is 1. The van der Waals surface area contributed by atoms with E-state index in [2.05, 4.69) is 10.2 Å². The van der Waals surface area contributed by atoms with Crippen LogP contribution in [0.3, 0.4) is 0 Å². The van der Waals surface area contributed by atoms with Gasteiger partial charge in [0.05, 0.1) is 11.7 Å². The zero-order valence-electron chi connectivity index (χ0n) is 7.52. The molecule has 0 spiro atoms. The third kappa shape index (κ3) is 1.07. The Morgan fingerprint density at radius 1 is 1.40 bits per heavy atom. The van der Waals surface area contributed by atoms with Crippen molar-refractivity contribution < 1.29 is 9.90 Å². The molecule has 0 saturated heterocycles. The van der Waals surface area contributed by atoms with Crippen molar-refractivity contribution in [3.8, 4) is 0 Å². The first-order valence-electron chi connectivity index (χ1n) is 4.34. The molecular formula is C10H6N2O2S. The fraction of sp³-hybridized carbons (Fsp3) is 0. The van der Waals surface area contributed by atoms with Gasteiger partial charge >= 0.3 is 5.97 Å². The number of nitrogens with one attached hydrogen (secondary N) is 1. The van der Waals surface area contributed by atoms with Gasteiger partial charge in [0.1, 0.15) is 4.88 Å². The van der Waals surface area contributed by atoms with Crippen molar-refractivity contribution in [3.63, 3.8) is 0 Å². The van der Waals surface area contributed by atoms with Crippen LogP contribution in [0.2, 0.25) is 0 Å². The second kappa shape index (κ2) is 2.80. The van der Waals surface area contributed by atoms with Crippen molar-refractivity contribution in [3.05, 3.63) is 28.6 Å². The molecule has 0 radical (unpaired) electrons. The molecule has 0 unspecified atom stereocenters. The van der Waals surface area contributed by atoms with Crippen LogP contribution in [0.15, 0.2) is 23.7 Å². The number of aromatic nitrogens is 2. The van der Waals surface area contributed by atoms with E-state index in [1.165, 1.54) is 11.3 Å². The number of thiophene rings is 1. The highest BCUT2D eigenvalue weighted by atomic mass is 32.1. The molecule has 2 aromatic heterocycles. The van der Waals surface area contributed by atoms with Crippen molar-refractivity contribution in [2.45, 2.75) is 0 Å². The van der Waals surface area contributed by atoms with Crippen molar-refractivity contribution in [2.75, 3.05) is 0 Å². The summed E-state index contributed by atoms with van der Waals surface area (Å²) in [5.41, 5.74) is 0.899. The highest BCUT2D eigenvalue weighted by molar-refractivity contribution is 7.13. The van der Waals surface area contributed by atoms with Gasteiger partial charge in [-0.3, -0.25) is 5.10 Å². The molecule has 74 valence electrons. The van der Waals surface area contributed by atoms with E-state index in [1.807, 2.05) is 17.5 Å². The Bertz CT molecular complexity index is 668. The number of carbonyl (C=O) groups is 1. The normalized spacial score (nSPS) is 11.2. The van der Waals surface area contributed by atoms with Crippen LogP contribution in [-0.2, 0) is 0 Å².